The van der Waals surface area contributed by atoms with Crippen LogP contribution in [0.25, 0.3) is 42.6 Å². The van der Waals surface area contributed by atoms with Gasteiger partial charge in [0.1, 0.15) is 0 Å². The number of aromatic nitrogens is 1. The lowest BCUT2D eigenvalue weighted by Gasteiger charge is -2.19. The van der Waals surface area contributed by atoms with Crippen molar-refractivity contribution in [3.63, 3.8) is 0 Å². The van der Waals surface area contributed by atoms with Crippen LogP contribution < -0.4 is 0 Å². The van der Waals surface area contributed by atoms with Crippen molar-refractivity contribution in [1.29, 1.82) is 0 Å². The van der Waals surface area contributed by atoms with Gasteiger partial charge < -0.3 is 0 Å². The monoisotopic (exact) mass is 468 g/mol. The molecule has 1 aliphatic rings. The van der Waals surface area contributed by atoms with Crippen molar-refractivity contribution < 1.29 is 9.60 Å². The molecule has 1 nitrogen and oxygen atoms in total. The Morgan fingerprint density at radius 1 is 0.882 bits per heavy atom. The maximum Gasteiger partial charge on any atom is 0.0719 e. The Kier molecular flexibility index (Phi) is 3.58. The van der Waals surface area contributed by atoms with E-state index in [1.165, 1.54) is 23.1 Å². The van der Waals surface area contributed by atoms with E-state index >= 15 is 0 Å². The summed E-state index contributed by atoms with van der Waals surface area (Å²) in [6, 6.07) is 19.7. The maximum absolute atomic E-state index is 8.56. The first-order valence-corrected chi connectivity index (χ1v) is 12.5. The molecule has 2 aromatic heterocycles. The summed E-state index contributed by atoms with van der Waals surface area (Å²) < 4.78 is 60.4. The minimum absolute atomic E-state index is 0.0587. The van der Waals surface area contributed by atoms with Crippen LogP contribution in [0.15, 0.2) is 66.9 Å². The molecule has 5 aromatic rings. The van der Waals surface area contributed by atoms with E-state index in [1.807, 2.05) is 12.1 Å². The first-order valence-electron chi connectivity index (χ1n) is 15.2. The quantitative estimate of drug-likeness (QED) is 0.251. The summed E-state index contributed by atoms with van der Waals surface area (Å²) in [6.45, 7) is 4.25. The molecule has 0 amide bonds. The summed E-state index contributed by atoms with van der Waals surface area (Å²) in [6.07, 6.45) is -1.67. The van der Waals surface area contributed by atoms with Crippen molar-refractivity contribution in [3.8, 4) is 22.4 Å². The fraction of sp³-hybridized carbons (Fsp3) is 0.281. The molecule has 0 saturated heterocycles. The molecule has 0 atom stereocenters. The summed E-state index contributed by atoms with van der Waals surface area (Å²) >= 11 is 1.51. The Morgan fingerprint density at radius 3 is 2.41 bits per heavy atom. The lowest BCUT2D eigenvalue weighted by atomic mass is 9.86. The Hall–Kier alpha value is -2.97. The molecule has 0 radical (unpaired) electrons. The Bertz CT molecular complexity index is 1810. The standard InChI is InChI=1S/C32H31NS/c1-20-9-15-26(28-17-22-7-5-6-8-24(22)19-33-28)31-30(20)27-16-12-23(18-29(27)34-31)21-10-13-25(14-11-21)32(2,3)4/h9-19H,5-8H2,1-4H3/i1D3,7D2,8D2. The highest BCUT2D eigenvalue weighted by molar-refractivity contribution is 7.26. The molecule has 2 heterocycles. The molecule has 0 fully saturated rings. The number of fused-ring (bicyclic) bond motifs is 4. The third-order valence-corrected chi connectivity index (χ3v) is 7.83. The molecule has 6 rings (SSSR count). The topological polar surface area (TPSA) is 12.9 Å². The number of rotatable bonds is 2. The van der Waals surface area contributed by atoms with Gasteiger partial charge in [0.05, 0.1) is 5.69 Å². The SMILES string of the molecule is [2H]C([2H])([2H])c1ccc(-c2cc3c(cn2)C([2H])([2H])CCC3([2H])[2H])c2sc3cc(-c4ccc(C(C)(C)C)cc4)ccc3c12. The number of hydrogen-bond donors (Lipinski definition) is 0. The predicted molar refractivity (Wildman–Crippen MR) is 148 cm³/mol. The second-order valence-corrected chi connectivity index (χ2v) is 11.0. The lowest BCUT2D eigenvalue weighted by molar-refractivity contribution is 0.590. The van der Waals surface area contributed by atoms with Crippen LogP contribution in [-0.4, -0.2) is 4.98 Å². The van der Waals surface area contributed by atoms with Gasteiger partial charge in [0.15, 0.2) is 0 Å². The third-order valence-electron chi connectivity index (χ3n) is 6.64. The highest BCUT2D eigenvalue weighted by atomic mass is 32.1. The smallest absolute Gasteiger partial charge is 0.0719 e. The van der Waals surface area contributed by atoms with Gasteiger partial charge in [-0.2, -0.15) is 0 Å². The molecule has 0 bridgehead atoms. The number of benzene rings is 3. The molecule has 0 spiro atoms. The van der Waals surface area contributed by atoms with Gasteiger partial charge in [-0.05, 0) is 83.4 Å². The molecule has 1 aliphatic carbocycles. The molecular formula is C32H31NS. The van der Waals surface area contributed by atoms with Crippen molar-refractivity contribution in [2.45, 2.75) is 58.6 Å². The molecule has 34 heavy (non-hydrogen) atoms. The molecule has 0 unspecified atom stereocenters. The van der Waals surface area contributed by atoms with Gasteiger partial charge in [-0.3, -0.25) is 4.98 Å². The molecule has 0 N–H and O–H groups in total. The van der Waals surface area contributed by atoms with Crippen molar-refractivity contribution >= 4 is 31.5 Å². The van der Waals surface area contributed by atoms with Gasteiger partial charge in [-0.1, -0.05) is 69.3 Å². The van der Waals surface area contributed by atoms with Crippen molar-refractivity contribution in [3.05, 3.63) is 89.1 Å². The van der Waals surface area contributed by atoms with Crippen LogP contribution in [0.5, 0.6) is 0 Å². The Labute approximate surface area is 216 Å². The highest BCUT2D eigenvalue weighted by Crippen LogP contribution is 2.43. The maximum atomic E-state index is 8.56. The predicted octanol–water partition coefficient (Wildman–Crippen LogP) is 9.27. The van der Waals surface area contributed by atoms with E-state index in [-0.39, 0.29) is 29.4 Å². The first-order chi connectivity index (χ1) is 19.1. The van der Waals surface area contributed by atoms with Crippen LogP contribution in [0, 0.1) is 6.85 Å². The largest absolute Gasteiger partial charge is 0.256 e. The second kappa shape index (κ2) is 8.06. The molecule has 3 aromatic carbocycles. The molecule has 170 valence electrons. The zero-order valence-corrected chi connectivity index (χ0v) is 20.4. The van der Waals surface area contributed by atoms with Gasteiger partial charge in [0, 0.05) is 41.5 Å². The summed E-state index contributed by atoms with van der Waals surface area (Å²) in [5.41, 5.74) is 5.54. The summed E-state index contributed by atoms with van der Waals surface area (Å²) in [4.78, 5) is 4.59. The second-order valence-electron chi connectivity index (χ2n) is 9.97. The third kappa shape index (κ3) is 3.65. The van der Waals surface area contributed by atoms with E-state index in [2.05, 4.69) is 56.1 Å². The zero-order valence-electron chi connectivity index (χ0n) is 26.6. The van der Waals surface area contributed by atoms with E-state index in [1.54, 1.807) is 18.2 Å². The normalized spacial score (nSPS) is 20.4. The molecule has 0 aliphatic heterocycles. The fourth-order valence-electron chi connectivity index (χ4n) is 4.71. The van der Waals surface area contributed by atoms with E-state index in [0.717, 1.165) is 31.5 Å². The van der Waals surface area contributed by atoms with Crippen molar-refractivity contribution in [1.82, 2.24) is 4.98 Å². The van der Waals surface area contributed by atoms with Crippen LogP contribution in [-0.2, 0) is 18.2 Å². The van der Waals surface area contributed by atoms with Crippen LogP contribution in [0.2, 0.25) is 0 Å². The van der Waals surface area contributed by atoms with Crippen molar-refractivity contribution in [2.24, 2.45) is 0 Å². The van der Waals surface area contributed by atoms with Crippen molar-refractivity contribution in [2.75, 3.05) is 0 Å². The van der Waals surface area contributed by atoms with E-state index in [4.69, 9.17) is 9.60 Å². The van der Waals surface area contributed by atoms with E-state index in [9.17, 15) is 0 Å². The Balaban J connectivity index is 1.55. The number of nitrogens with zero attached hydrogens (tertiary/aromatic N) is 1. The van der Waals surface area contributed by atoms with Crippen LogP contribution >= 0.6 is 11.3 Å². The summed E-state index contributed by atoms with van der Waals surface area (Å²) in [5.74, 6) is 0. The number of thiophene rings is 1. The van der Waals surface area contributed by atoms with Crippen LogP contribution in [0.1, 0.15) is 65.5 Å². The van der Waals surface area contributed by atoms with Gasteiger partial charge in [-0.15, -0.1) is 11.3 Å². The minimum Gasteiger partial charge on any atom is -0.256 e. The summed E-state index contributed by atoms with van der Waals surface area (Å²) in [7, 11) is 0. The number of hydrogen-bond acceptors (Lipinski definition) is 2. The van der Waals surface area contributed by atoms with Gasteiger partial charge in [0.25, 0.3) is 0 Å². The number of aryl methyl sites for hydroxylation is 3. The number of pyridine rings is 1. The van der Waals surface area contributed by atoms with Gasteiger partial charge >= 0.3 is 0 Å². The summed E-state index contributed by atoms with van der Waals surface area (Å²) in [5, 5.41) is 1.52. The van der Waals surface area contributed by atoms with Crippen LogP contribution in [0.4, 0.5) is 0 Å². The first kappa shape index (κ1) is 15.1. The fourth-order valence-corrected chi connectivity index (χ4v) is 6.00. The average Bonchev–Trinajstić information content (AvgIpc) is 3.28. The molecule has 2 heteroatoms. The van der Waals surface area contributed by atoms with Gasteiger partial charge in [0.2, 0.25) is 0 Å². The van der Waals surface area contributed by atoms with E-state index in [0.29, 0.717) is 16.6 Å². The minimum atomic E-state index is -2.32. The zero-order chi connectivity index (χ0) is 29.5. The highest BCUT2D eigenvalue weighted by Gasteiger charge is 2.17. The van der Waals surface area contributed by atoms with Gasteiger partial charge in [-0.25, -0.2) is 0 Å². The Morgan fingerprint density at radius 2 is 1.65 bits per heavy atom. The average molecular weight is 469 g/mol. The van der Waals surface area contributed by atoms with Crippen LogP contribution in [0.3, 0.4) is 0 Å². The molecular weight excluding hydrogens is 430 g/mol. The lowest BCUT2D eigenvalue weighted by Crippen LogP contribution is -2.10. The molecule has 0 saturated carbocycles. The van der Waals surface area contributed by atoms with E-state index < -0.39 is 19.6 Å².